The van der Waals surface area contributed by atoms with E-state index in [1.54, 1.807) is 7.11 Å². The van der Waals surface area contributed by atoms with Crippen molar-refractivity contribution in [3.8, 4) is 11.5 Å². The standard InChI is InChI=1S/C16H19NO2/c1-11-5-4-6-13(16(11)18)10-17-15-8-7-14(19-3)9-12(15)2/h4-9,17-18H,10H2,1-3H3. The lowest BCUT2D eigenvalue weighted by atomic mass is 10.1. The Morgan fingerprint density at radius 2 is 1.89 bits per heavy atom. The molecule has 0 spiro atoms. The molecule has 2 N–H and O–H groups in total. The van der Waals surface area contributed by atoms with E-state index in [1.807, 2.05) is 50.2 Å². The second-order valence-corrected chi connectivity index (χ2v) is 4.62. The van der Waals surface area contributed by atoms with Crippen molar-refractivity contribution in [3.05, 3.63) is 53.1 Å². The maximum atomic E-state index is 9.97. The molecule has 0 saturated carbocycles. The van der Waals surface area contributed by atoms with Gasteiger partial charge in [0.25, 0.3) is 0 Å². The van der Waals surface area contributed by atoms with Crippen LogP contribution in [0, 0.1) is 13.8 Å². The normalized spacial score (nSPS) is 10.3. The fraction of sp³-hybridized carbons (Fsp3) is 0.250. The van der Waals surface area contributed by atoms with E-state index < -0.39 is 0 Å². The highest BCUT2D eigenvalue weighted by Crippen LogP contribution is 2.25. The van der Waals surface area contributed by atoms with Gasteiger partial charge >= 0.3 is 0 Å². The summed E-state index contributed by atoms with van der Waals surface area (Å²) < 4.78 is 5.18. The van der Waals surface area contributed by atoms with Crippen molar-refractivity contribution in [1.82, 2.24) is 0 Å². The topological polar surface area (TPSA) is 41.5 Å². The molecular weight excluding hydrogens is 238 g/mol. The van der Waals surface area contributed by atoms with Crippen molar-refractivity contribution < 1.29 is 9.84 Å². The number of phenols is 1. The van der Waals surface area contributed by atoms with Gasteiger partial charge in [0.15, 0.2) is 0 Å². The summed E-state index contributed by atoms with van der Waals surface area (Å²) in [5.74, 6) is 1.21. The van der Waals surface area contributed by atoms with Gasteiger partial charge in [-0.3, -0.25) is 0 Å². The van der Waals surface area contributed by atoms with Crippen LogP contribution in [0.1, 0.15) is 16.7 Å². The Morgan fingerprint density at radius 3 is 2.58 bits per heavy atom. The highest BCUT2D eigenvalue weighted by molar-refractivity contribution is 5.54. The number of phenolic OH excluding ortho intramolecular Hbond substituents is 1. The van der Waals surface area contributed by atoms with E-state index in [-0.39, 0.29) is 0 Å². The molecule has 2 aromatic carbocycles. The molecule has 3 nitrogen and oxygen atoms in total. The third kappa shape index (κ3) is 2.99. The molecule has 2 aromatic rings. The summed E-state index contributed by atoms with van der Waals surface area (Å²) >= 11 is 0. The number of benzene rings is 2. The first-order valence-corrected chi connectivity index (χ1v) is 6.28. The van der Waals surface area contributed by atoms with E-state index in [0.717, 1.165) is 28.1 Å². The van der Waals surface area contributed by atoms with E-state index in [1.165, 1.54) is 0 Å². The molecule has 0 radical (unpaired) electrons. The summed E-state index contributed by atoms with van der Waals surface area (Å²) in [6.07, 6.45) is 0. The molecule has 0 heterocycles. The van der Waals surface area contributed by atoms with Crippen LogP contribution in [0.15, 0.2) is 36.4 Å². The molecule has 3 heteroatoms. The molecule has 0 saturated heterocycles. The van der Waals surface area contributed by atoms with Crippen molar-refractivity contribution in [2.24, 2.45) is 0 Å². The molecule has 0 fully saturated rings. The minimum absolute atomic E-state index is 0.362. The van der Waals surface area contributed by atoms with Gasteiger partial charge < -0.3 is 15.2 Å². The minimum Gasteiger partial charge on any atom is -0.507 e. The molecule has 100 valence electrons. The fourth-order valence-electron chi connectivity index (χ4n) is 2.01. The quantitative estimate of drug-likeness (QED) is 0.878. The molecule has 0 amide bonds. The van der Waals surface area contributed by atoms with Crippen LogP contribution in [-0.2, 0) is 6.54 Å². The third-order valence-electron chi connectivity index (χ3n) is 3.22. The lowest BCUT2D eigenvalue weighted by Crippen LogP contribution is -2.02. The Balaban J connectivity index is 2.12. The van der Waals surface area contributed by atoms with Gasteiger partial charge in [-0.25, -0.2) is 0 Å². The van der Waals surface area contributed by atoms with Gasteiger partial charge in [0.2, 0.25) is 0 Å². The van der Waals surface area contributed by atoms with Crippen molar-refractivity contribution in [2.75, 3.05) is 12.4 Å². The van der Waals surface area contributed by atoms with Crippen LogP contribution in [0.4, 0.5) is 5.69 Å². The van der Waals surface area contributed by atoms with Crippen LogP contribution in [-0.4, -0.2) is 12.2 Å². The Hall–Kier alpha value is -2.16. The molecule has 0 bridgehead atoms. The predicted molar refractivity (Wildman–Crippen MR) is 77.9 cm³/mol. The Labute approximate surface area is 113 Å². The average Bonchev–Trinajstić information content (AvgIpc) is 2.41. The molecule has 0 unspecified atom stereocenters. The van der Waals surface area contributed by atoms with E-state index >= 15 is 0 Å². The second kappa shape index (κ2) is 5.65. The number of anilines is 1. The number of hydrogen-bond acceptors (Lipinski definition) is 3. The first-order chi connectivity index (χ1) is 9.11. The zero-order valence-corrected chi connectivity index (χ0v) is 11.5. The summed E-state index contributed by atoms with van der Waals surface area (Å²) in [4.78, 5) is 0. The Bertz CT molecular complexity index is 579. The summed E-state index contributed by atoms with van der Waals surface area (Å²) in [6.45, 7) is 4.53. The molecule has 0 aliphatic heterocycles. The van der Waals surface area contributed by atoms with E-state index in [2.05, 4.69) is 5.32 Å². The number of aryl methyl sites for hydroxylation is 2. The smallest absolute Gasteiger partial charge is 0.123 e. The number of para-hydroxylation sites is 1. The minimum atomic E-state index is 0.362. The zero-order valence-electron chi connectivity index (χ0n) is 11.5. The fourth-order valence-corrected chi connectivity index (χ4v) is 2.01. The number of nitrogens with one attached hydrogen (secondary N) is 1. The van der Waals surface area contributed by atoms with Crippen molar-refractivity contribution in [1.29, 1.82) is 0 Å². The first kappa shape index (κ1) is 13.3. The van der Waals surface area contributed by atoms with E-state index in [4.69, 9.17) is 4.74 Å². The lowest BCUT2D eigenvalue weighted by Gasteiger charge is -2.12. The van der Waals surface area contributed by atoms with Crippen LogP contribution >= 0.6 is 0 Å². The van der Waals surface area contributed by atoms with Crippen molar-refractivity contribution in [3.63, 3.8) is 0 Å². The van der Waals surface area contributed by atoms with Crippen LogP contribution in [0.5, 0.6) is 11.5 Å². The van der Waals surface area contributed by atoms with Crippen LogP contribution in [0.2, 0.25) is 0 Å². The molecule has 2 rings (SSSR count). The second-order valence-electron chi connectivity index (χ2n) is 4.62. The molecule has 0 aliphatic carbocycles. The molecule has 0 aromatic heterocycles. The number of ether oxygens (including phenoxy) is 1. The van der Waals surface area contributed by atoms with Crippen molar-refractivity contribution >= 4 is 5.69 Å². The highest BCUT2D eigenvalue weighted by atomic mass is 16.5. The summed E-state index contributed by atoms with van der Waals surface area (Å²) in [5, 5.41) is 13.3. The largest absolute Gasteiger partial charge is 0.507 e. The predicted octanol–water partition coefficient (Wildman–Crippen LogP) is 3.63. The van der Waals surface area contributed by atoms with Gasteiger partial charge in [0.05, 0.1) is 7.11 Å². The molecular formula is C16H19NO2. The summed E-state index contributed by atoms with van der Waals surface area (Å²) in [7, 11) is 1.66. The summed E-state index contributed by atoms with van der Waals surface area (Å²) in [6, 6.07) is 11.7. The van der Waals surface area contributed by atoms with Gasteiger partial charge in [0, 0.05) is 17.8 Å². The maximum Gasteiger partial charge on any atom is 0.123 e. The molecule has 0 atom stereocenters. The summed E-state index contributed by atoms with van der Waals surface area (Å²) in [5.41, 5.74) is 3.95. The third-order valence-corrected chi connectivity index (χ3v) is 3.22. The Kier molecular flexibility index (Phi) is 3.95. The highest BCUT2D eigenvalue weighted by Gasteiger charge is 2.05. The first-order valence-electron chi connectivity index (χ1n) is 6.28. The van der Waals surface area contributed by atoms with Crippen LogP contribution in [0.25, 0.3) is 0 Å². The van der Waals surface area contributed by atoms with Gasteiger partial charge in [-0.2, -0.15) is 0 Å². The maximum absolute atomic E-state index is 9.97. The number of rotatable bonds is 4. The molecule has 19 heavy (non-hydrogen) atoms. The van der Waals surface area contributed by atoms with Gasteiger partial charge in [-0.1, -0.05) is 18.2 Å². The van der Waals surface area contributed by atoms with Crippen molar-refractivity contribution in [2.45, 2.75) is 20.4 Å². The number of hydrogen-bond donors (Lipinski definition) is 2. The Morgan fingerprint density at radius 1 is 1.11 bits per heavy atom. The van der Waals surface area contributed by atoms with E-state index in [0.29, 0.717) is 12.3 Å². The monoisotopic (exact) mass is 257 g/mol. The zero-order chi connectivity index (χ0) is 13.8. The molecule has 0 aliphatic rings. The average molecular weight is 257 g/mol. The van der Waals surface area contributed by atoms with Gasteiger partial charge in [-0.15, -0.1) is 0 Å². The van der Waals surface area contributed by atoms with Crippen LogP contribution in [0.3, 0.4) is 0 Å². The number of methoxy groups -OCH3 is 1. The lowest BCUT2D eigenvalue weighted by molar-refractivity contribution is 0.414. The van der Waals surface area contributed by atoms with E-state index in [9.17, 15) is 5.11 Å². The van der Waals surface area contributed by atoms with Crippen LogP contribution < -0.4 is 10.1 Å². The van der Waals surface area contributed by atoms with Gasteiger partial charge in [-0.05, 0) is 43.2 Å². The number of aromatic hydroxyl groups is 1. The van der Waals surface area contributed by atoms with Gasteiger partial charge in [0.1, 0.15) is 11.5 Å². The SMILES string of the molecule is COc1ccc(NCc2cccc(C)c2O)c(C)c1.